The van der Waals surface area contributed by atoms with Crippen molar-refractivity contribution in [2.75, 3.05) is 11.1 Å². The van der Waals surface area contributed by atoms with Gasteiger partial charge in [0.2, 0.25) is 0 Å². The van der Waals surface area contributed by atoms with Crippen LogP contribution in [-0.4, -0.2) is 25.2 Å². The van der Waals surface area contributed by atoms with E-state index < -0.39 is 9.84 Å². The third-order valence-corrected chi connectivity index (χ3v) is 3.58. The Labute approximate surface area is 93.3 Å². The molecule has 0 bridgehead atoms. The van der Waals surface area contributed by atoms with Crippen molar-refractivity contribution in [2.24, 2.45) is 0 Å². The predicted octanol–water partition coefficient (Wildman–Crippen LogP) is 0.676. The van der Waals surface area contributed by atoms with E-state index in [2.05, 4.69) is 10.3 Å². The molecule has 1 unspecified atom stereocenters. The van der Waals surface area contributed by atoms with Gasteiger partial charge < -0.3 is 5.32 Å². The Balaban J connectivity index is 2.18. The molecule has 1 aliphatic rings. The van der Waals surface area contributed by atoms with E-state index in [9.17, 15) is 8.42 Å². The third kappa shape index (κ3) is 2.20. The molecule has 82 valence electrons. The van der Waals surface area contributed by atoms with Crippen LogP contribution in [0, 0.1) is 11.3 Å². The Bertz CT molecular complexity index is 572. The van der Waals surface area contributed by atoms with Crippen molar-refractivity contribution in [3.63, 3.8) is 0 Å². The lowest BCUT2D eigenvalue weighted by Crippen LogP contribution is -2.21. The average Bonchev–Trinajstić information content (AvgIpc) is 2.59. The molecule has 0 saturated heterocycles. The molecule has 0 spiro atoms. The van der Waals surface area contributed by atoms with Gasteiger partial charge in [-0.2, -0.15) is 5.26 Å². The Morgan fingerprint density at radius 1 is 1.56 bits per heavy atom. The van der Waals surface area contributed by atoms with Crippen molar-refractivity contribution >= 4 is 15.5 Å². The molecule has 0 fully saturated rings. The highest BCUT2D eigenvalue weighted by Gasteiger charge is 2.22. The molecule has 0 aliphatic carbocycles. The summed E-state index contributed by atoms with van der Waals surface area (Å²) in [5.74, 6) is 0.0206. The number of anilines is 1. The van der Waals surface area contributed by atoms with Gasteiger partial charge in [0.1, 0.15) is 6.07 Å². The van der Waals surface area contributed by atoms with Gasteiger partial charge in [-0.05, 0) is 12.1 Å². The molecule has 1 aromatic heterocycles. The van der Waals surface area contributed by atoms with Gasteiger partial charge in [-0.1, -0.05) is 6.08 Å². The SMILES string of the molecule is N#Cc1ncccc1NC1C=CS(=O)(=O)C1. The van der Waals surface area contributed by atoms with Crippen molar-refractivity contribution in [1.82, 2.24) is 4.98 Å². The minimum absolute atomic E-state index is 0.0206. The molecule has 2 rings (SSSR count). The minimum atomic E-state index is -3.08. The van der Waals surface area contributed by atoms with Gasteiger partial charge in [-0.3, -0.25) is 0 Å². The van der Waals surface area contributed by atoms with Crippen LogP contribution in [0.3, 0.4) is 0 Å². The molecule has 6 heteroatoms. The maximum atomic E-state index is 11.2. The Kier molecular flexibility index (Phi) is 2.62. The van der Waals surface area contributed by atoms with Crippen LogP contribution in [0.2, 0.25) is 0 Å². The first-order valence-corrected chi connectivity index (χ1v) is 6.35. The summed E-state index contributed by atoms with van der Waals surface area (Å²) in [6, 6.07) is 5.04. The van der Waals surface area contributed by atoms with Crippen molar-refractivity contribution in [1.29, 1.82) is 5.26 Å². The third-order valence-electron chi connectivity index (χ3n) is 2.18. The highest BCUT2D eigenvalue weighted by molar-refractivity contribution is 7.94. The van der Waals surface area contributed by atoms with Crippen LogP contribution >= 0.6 is 0 Å². The van der Waals surface area contributed by atoms with Crippen molar-refractivity contribution in [3.8, 4) is 6.07 Å². The quantitative estimate of drug-likeness (QED) is 0.814. The molecule has 1 aromatic rings. The number of nitrogens with one attached hydrogen (secondary N) is 1. The standard InChI is InChI=1S/C10H9N3O2S/c11-6-10-9(2-1-4-12-10)13-8-3-5-16(14,15)7-8/h1-5,8,13H,7H2. The second kappa shape index (κ2) is 3.94. The van der Waals surface area contributed by atoms with Crippen LogP contribution < -0.4 is 5.32 Å². The second-order valence-corrected chi connectivity index (χ2v) is 5.35. The van der Waals surface area contributed by atoms with Crippen LogP contribution in [-0.2, 0) is 9.84 Å². The summed E-state index contributed by atoms with van der Waals surface area (Å²) < 4.78 is 22.4. The fourth-order valence-electron chi connectivity index (χ4n) is 1.48. The van der Waals surface area contributed by atoms with E-state index in [0.717, 1.165) is 0 Å². The van der Waals surface area contributed by atoms with Crippen LogP contribution in [0.25, 0.3) is 0 Å². The number of nitrogens with zero attached hydrogens (tertiary/aromatic N) is 2. The van der Waals surface area contributed by atoms with Gasteiger partial charge in [-0.15, -0.1) is 0 Å². The van der Waals surface area contributed by atoms with Crippen LogP contribution in [0.5, 0.6) is 0 Å². The van der Waals surface area contributed by atoms with Crippen molar-refractivity contribution in [3.05, 3.63) is 35.5 Å². The average molecular weight is 235 g/mol. The highest BCUT2D eigenvalue weighted by atomic mass is 32.2. The largest absolute Gasteiger partial charge is 0.375 e. The lowest BCUT2D eigenvalue weighted by molar-refractivity contribution is 0.605. The summed E-state index contributed by atoms with van der Waals surface area (Å²) >= 11 is 0. The molecular weight excluding hydrogens is 226 g/mol. The van der Waals surface area contributed by atoms with E-state index in [1.807, 2.05) is 6.07 Å². The fraction of sp³-hybridized carbons (Fsp3) is 0.200. The summed E-state index contributed by atoms with van der Waals surface area (Å²) in [6.07, 6.45) is 3.09. The van der Waals surface area contributed by atoms with E-state index in [-0.39, 0.29) is 17.5 Å². The molecule has 0 saturated carbocycles. The van der Waals surface area contributed by atoms with E-state index >= 15 is 0 Å². The second-order valence-electron chi connectivity index (χ2n) is 3.42. The summed E-state index contributed by atoms with van der Waals surface area (Å²) in [7, 11) is -3.08. The number of hydrogen-bond donors (Lipinski definition) is 1. The van der Waals surface area contributed by atoms with Gasteiger partial charge in [-0.25, -0.2) is 13.4 Å². The topological polar surface area (TPSA) is 82.8 Å². The van der Waals surface area contributed by atoms with Crippen LogP contribution in [0.1, 0.15) is 5.69 Å². The molecule has 1 N–H and O–H groups in total. The number of sulfone groups is 1. The Hall–Kier alpha value is -1.87. The van der Waals surface area contributed by atoms with E-state index in [1.54, 1.807) is 18.2 Å². The monoisotopic (exact) mass is 235 g/mol. The lowest BCUT2D eigenvalue weighted by atomic mass is 10.2. The fourth-order valence-corrected chi connectivity index (χ4v) is 2.71. The smallest absolute Gasteiger partial charge is 0.173 e. The summed E-state index contributed by atoms with van der Waals surface area (Å²) in [5, 5.41) is 13.0. The molecule has 16 heavy (non-hydrogen) atoms. The molecule has 0 amide bonds. The van der Waals surface area contributed by atoms with Gasteiger partial charge in [0, 0.05) is 11.6 Å². The van der Waals surface area contributed by atoms with Gasteiger partial charge in [0.05, 0.1) is 17.5 Å². The maximum absolute atomic E-state index is 11.2. The zero-order chi connectivity index (χ0) is 11.6. The molecule has 0 radical (unpaired) electrons. The van der Waals surface area contributed by atoms with Gasteiger partial charge in [0.25, 0.3) is 0 Å². The molecule has 0 aromatic carbocycles. The molecule has 2 heterocycles. The zero-order valence-electron chi connectivity index (χ0n) is 8.29. The molecule has 1 aliphatic heterocycles. The molecule has 5 nitrogen and oxygen atoms in total. The highest BCUT2D eigenvalue weighted by Crippen LogP contribution is 2.16. The summed E-state index contributed by atoms with van der Waals surface area (Å²) in [6.45, 7) is 0. The lowest BCUT2D eigenvalue weighted by Gasteiger charge is -2.11. The number of hydrogen-bond acceptors (Lipinski definition) is 5. The van der Waals surface area contributed by atoms with Crippen LogP contribution in [0.4, 0.5) is 5.69 Å². The normalized spacial score (nSPS) is 21.6. The van der Waals surface area contributed by atoms with Gasteiger partial charge in [0.15, 0.2) is 15.5 Å². The summed E-state index contributed by atoms with van der Waals surface area (Å²) in [5.41, 5.74) is 0.817. The summed E-state index contributed by atoms with van der Waals surface area (Å²) in [4.78, 5) is 3.88. The number of rotatable bonds is 2. The predicted molar refractivity (Wildman–Crippen MR) is 59.3 cm³/mol. The first kappa shape index (κ1) is 10.6. The molecular formula is C10H9N3O2S. The van der Waals surface area contributed by atoms with E-state index in [0.29, 0.717) is 5.69 Å². The maximum Gasteiger partial charge on any atom is 0.173 e. The number of nitriles is 1. The first-order chi connectivity index (χ1) is 7.61. The van der Waals surface area contributed by atoms with Crippen LogP contribution in [0.15, 0.2) is 29.8 Å². The first-order valence-electron chi connectivity index (χ1n) is 4.63. The van der Waals surface area contributed by atoms with Crippen molar-refractivity contribution < 1.29 is 8.42 Å². The Morgan fingerprint density at radius 2 is 2.38 bits per heavy atom. The Morgan fingerprint density at radius 3 is 3.00 bits per heavy atom. The van der Waals surface area contributed by atoms with E-state index in [1.165, 1.54) is 11.6 Å². The van der Waals surface area contributed by atoms with E-state index in [4.69, 9.17) is 5.26 Å². The van der Waals surface area contributed by atoms with Crippen molar-refractivity contribution in [2.45, 2.75) is 6.04 Å². The number of aromatic nitrogens is 1. The zero-order valence-corrected chi connectivity index (χ0v) is 9.11. The minimum Gasteiger partial charge on any atom is -0.375 e. The number of pyridine rings is 1. The molecule has 1 atom stereocenters. The van der Waals surface area contributed by atoms with Gasteiger partial charge >= 0.3 is 0 Å².